The molecule has 1 aliphatic heterocycles. The molecule has 16 heavy (non-hydrogen) atoms. The van der Waals surface area contributed by atoms with Gasteiger partial charge >= 0.3 is 0 Å². The molecular weight excluding hydrogens is 297 g/mol. The SMILES string of the molecule is Cc1nc(N2CC(O)CC2=O)nc(Cl)c1Br. The van der Waals surface area contributed by atoms with Gasteiger partial charge in [0, 0.05) is 0 Å². The Morgan fingerprint density at radius 1 is 1.56 bits per heavy atom. The van der Waals surface area contributed by atoms with Gasteiger partial charge in [0.1, 0.15) is 5.15 Å². The summed E-state index contributed by atoms with van der Waals surface area (Å²) in [6.07, 6.45) is -0.547. The molecule has 1 aromatic rings. The van der Waals surface area contributed by atoms with Crippen molar-refractivity contribution in [2.75, 3.05) is 11.4 Å². The van der Waals surface area contributed by atoms with Gasteiger partial charge in [0.05, 0.1) is 29.2 Å². The lowest BCUT2D eigenvalue weighted by atomic mass is 10.3. The van der Waals surface area contributed by atoms with Gasteiger partial charge in [-0.1, -0.05) is 11.6 Å². The van der Waals surface area contributed by atoms with E-state index < -0.39 is 6.10 Å². The van der Waals surface area contributed by atoms with Crippen molar-refractivity contribution >= 4 is 39.4 Å². The average molecular weight is 307 g/mol. The minimum atomic E-state index is -0.654. The number of amides is 1. The first kappa shape index (κ1) is 11.8. The maximum Gasteiger partial charge on any atom is 0.233 e. The Morgan fingerprint density at radius 2 is 2.25 bits per heavy atom. The van der Waals surface area contributed by atoms with E-state index in [2.05, 4.69) is 25.9 Å². The summed E-state index contributed by atoms with van der Waals surface area (Å²) in [6, 6.07) is 0. The van der Waals surface area contributed by atoms with Gasteiger partial charge in [-0.05, 0) is 22.9 Å². The summed E-state index contributed by atoms with van der Waals surface area (Å²) in [7, 11) is 0. The molecule has 1 fully saturated rings. The van der Waals surface area contributed by atoms with Crippen molar-refractivity contribution in [2.24, 2.45) is 0 Å². The molecule has 1 N–H and O–H groups in total. The maximum absolute atomic E-state index is 11.5. The van der Waals surface area contributed by atoms with E-state index in [0.717, 1.165) is 0 Å². The van der Waals surface area contributed by atoms with Crippen molar-refractivity contribution in [2.45, 2.75) is 19.4 Å². The van der Waals surface area contributed by atoms with E-state index in [1.54, 1.807) is 6.92 Å². The zero-order chi connectivity index (χ0) is 11.9. The molecule has 0 aromatic carbocycles. The van der Waals surface area contributed by atoms with Crippen LogP contribution < -0.4 is 4.90 Å². The molecule has 1 atom stereocenters. The topological polar surface area (TPSA) is 66.3 Å². The van der Waals surface area contributed by atoms with Crippen molar-refractivity contribution in [1.29, 1.82) is 0 Å². The molecule has 0 bridgehead atoms. The fourth-order valence-electron chi connectivity index (χ4n) is 1.51. The van der Waals surface area contributed by atoms with Gasteiger partial charge < -0.3 is 5.11 Å². The lowest BCUT2D eigenvalue weighted by Gasteiger charge is -2.14. The molecule has 2 rings (SSSR count). The van der Waals surface area contributed by atoms with Crippen LogP contribution in [0.2, 0.25) is 5.15 Å². The highest BCUT2D eigenvalue weighted by Gasteiger charge is 2.31. The third-order valence-electron chi connectivity index (χ3n) is 2.31. The minimum absolute atomic E-state index is 0.107. The third kappa shape index (κ3) is 2.05. The first-order valence-electron chi connectivity index (χ1n) is 4.67. The molecule has 7 heteroatoms. The number of carbonyl (C=O) groups excluding carboxylic acids is 1. The number of aromatic nitrogens is 2. The molecule has 1 aromatic heterocycles. The van der Waals surface area contributed by atoms with Crippen LogP contribution >= 0.6 is 27.5 Å². The molecule has 0 aliphatic carbocycles. The smallest absolute Gasteiger partial charge is 0.233 e. The first-order chi connectivity index (χ1) is 7.49. The van der Waals surface area contributed by atoms with E-state index in [1.807, 2.05) is 0 Å². The number of aryl methyl sites for hydroxylation is 1. The molecule has 1 aliphatic rings. The van der Waals surface area contributed by atoms with E-state index in [0.29, 0.717) is 10.2 Å². The normalized spacial score (nSPS) is 20.6. The Kier molecular flexibility index (Phi) is 3.14. The number of hydrogen-bond donors (Lipinski definition) is 1. The van der Waals surface area contributed by atoms with Crippen molar-refractivity contribution in [1.82, 2.24) is 9.97 Å². The number of anilines is 1. The fraction of sp³-hybridized carbons (Fsp3) is 0.444. The quantitative estimate of drug-likeness (QED) is 0.794. The summed E-state index contributed by atoms with van der Waals surface area (Å²) in [5.41, 5.74) is 0.657. The van der Waals surface area contributed by atoms with Crippen LogP contribution in [0.1, 0.15) is 12.1 Å². The highest BCUT2D eigenvalue weighted by Crippen LogP contribution is 2.27. The summed E-state index contributed by atoms with van der Waals surface area (Å²) in [5, 5.41) is 9.63. The highest BCUT2D eigenvalue weighted by molar-refractivity contribution is 9.10. The first-order valence-corrected chi connectivity index (χ1v) is 5.84. The third-order valence-corrected chi connectivity index (χ3v) is 3.76. The number of rotatable bonds is 1. The predicted octanol–water partition coefficient (Wildman–Crippen LogP) is 1.30. The van der Waals surface area contributed by atoms with Crippen molar-refractivity contribution < 1.29 is 9.90 Å². The standard InChI is InChI=1S/C9H9BrClN3O2/c1-4-7(10)8(11)13-9(12-4)14-3-5(15)2-6(14)16/h5,15H,2-3H2,1H3. The summed E-state index contributed by atoms with van der Waals surface area (Å²) in [4.78, 5) is 21.0. The maximum atomic E-state index is 11.5. The van der Waals surface area contributed by atoms with Crippen LogP contribution in [0, 0.1) is 6.92 Å². The summed E-state index contributed by atoms with van der Waals surface area (Å²) >= 11 is 9.12. The van der Waals surface area contributed by atoms with Crippen LogP contribution in [-0.4, -0.2) is 33.6 Å². The molecule has 0 radical (unpaired) electrons. The molecule has 1 saturated heterocycles. The molecule has 1 amide bonds. The number of nitrogens with zero attached hydrogens (tertiary/aromatic N) is 3. The van der Waals surface area contributed by atoms with Crippen LogP contribution in [0.5, 0.6) is 0 Å². The summed E-state index contributed by atoms with van der Waals surface area (Å²) in [6.45, 7) is 1.98. The van der Waals surface area contributed by atoms with Gasteiger partial charge in [-0.3, -0.25) is 9.69 Å². The fourth-order valence-corrected chi connectivity index (χ4v) is 1.90. The second-order valence-electron chi connectivity index (χ2n) is 3.58. The largest absolute Gasteiger partial charge is 0.391 e. The number of aliphatic hydroxyl groups excluding tert-OH is 1. The van der Waals surface area contributed by atoms with Crippen LogP contribution in [0.15, 0.2) is 4.47 Å². The number of β-amino-alcohol motifs (C(OH)–C–C–N with tert-alkyl or cyclic N) is 1. The van der Waals surface area contributed by atoms with E-state index in [1.165, 1.54) is 4.90 Å². The van der Waals surface area contributed by atoms with E-state index >= 15 is 0 Å². The van der Waals surface area contributed by atoms with Crippen LogP contribution in [0.4, 0.5) is 5.95 Å². The molecule has 0 saturated carbocycles. The van der Waals surface area contributed by atoms with Gasteiger partial charge in [-0.15, -0.1) is 0 Å². The van der Waals surface area contributed by atoms with Gasteiger partial charge in [-0.25, -0.2) is 4.98 Å². The number of aliphatic hydroxyl groups is 1. The van der Waals surface area contributed by atoms with Crippen LogP contribution in [0.3, 0.4) is 0 Å². The van der Waals surface area contributed by atoms with Gasteiger partial charge in [0.2, 0.25) is 11.9 Å². The highest BCUT2D eigenvalue weighted by atomic mass is 79.9. The average Bonchev–Trinajstić information content (AvgIpc) is 2.53. The Balaban J connectivity index is 2.38. The Hall–Kier alpha value is -0.720. The molecule has 5 nitrogen and oxygen atoms in total. The Morgan fingerprint density at radius 3 is 2.75 bits per heavy atom. The van der Waals surface area contributed by atoms with E-state index in [4.69, 9.17) is 11.6 Å². The molecular formula is C9H9BrClN3O2. The monoisotopic (exact) mass is 305 g/mol. The van der Waals surface area contributed by atoms with E-state index in [9.17, 15) is 9.90 Å². The zero-order valence-corrected chi connectivity index (χ0v) is 10.8. The van der Waals surface area contributed by atoms with Gasteiger partial charge in [0.15, 0.2) is 0 Å². The summed E-state index contributed by atoms with van der Waals surface area (Å²) in [5.74, 6) is 0.0533. The number of halogens is 2. The molecule has 2 heterocycles. The number of carbonyl (C=O) groups is 1. The predicted molar refractivity (Wildman–Crippen MR) is 62.5 cm³/mol. The zero-order valence-electron chi connectivity index (χ0n) is 8.44. The number of hydrogen-bond acceptors (Lipinski definition) is 4. The Bertz CT molecular complexity index is 431. The molecule has 86 valence electrons. The van der Waals surface area contributed by atoms with Crippen molar-refractivity contribution in [3.05, 3.63) is 15.3 Å². The summed E-state index contributed by atoms with van der Waals surface area (Å²) < 4.78 is 0.616. The van der Waals surface area contributed by atoms with Crippen LogP contribution in [-0.2, 0) is 4.79 Å². The second-order valence-corrected chi connectivity index (χ2v) is 4.73. The molecule has 1 unspecified atom stereocenters. The minimum Gasteiger partial charge on any atom is -0.391 e. The molecule has 0 spiro atoms. The van der Waals surface area contributed by atoms with Gasteiger partial charge in [0.25, 0.3) is 0 Å². The van der Waals surface area contributed by atoms with Gasteiger partial charge in [-0.2, -0.15) is 4.98 Å². The van der Waals surface area contributed by atoms with E-state index in [-0.39, 0.29) is 30.0 Å². The second kappa shape index (κ2) is 4.27. The van der Waals surface area contributed by atoms with Crippen LogP contribution in [0.25, 0.3) is 0 Å². The van der Waals surface area contributed by atoms with Crippen molar-refractivity contribution in [3.63, 3.8) is 0 Å². The Labute approximate surface area is 106 Å². The lowest BCUT2D eigenvalue weighted by Crippen LogP contribution is -2.27. The lowest BCUT2D eigenvalue weighted by molar-refractivity contribution is -0.117. The van der Waals surface area contributed by atoms with Crippen molar-refractivity contribution in [3.8, 4) is 0 Å².